The monoisotopic (exact) mass is 321 g/mol. The molecule has 1 aromatic rings. The third-order valence-corrected chi connectivity index (χ3v) is 3.35. The van der Waals surface area contributed by atoms with E-state index in [4.69, 9.17) is 11.6 Å². The summed E-state index contributed by atoms with van der Waals surface area (Å²) in [6, 6.07) is 4.54. The minimum Gasteiger partial charge on any atom is -0.298 e. The average molecular weight is 323 g/mol. The molecule has 0 aromatic heterocycles. The van der Waals surface area contributed by atoms with Crippen molar-refractivity contribution in [3.8, 4) is 0 Å². The van der Waals surface area contributed by atoms with E-state index in [1.54, 1.807) is 6.07 Å². The van der Waals surface area contributed by atoms with Crippen LogP contribution >= 0.6 is 27.5 Å². The summed E-state index contributed by atoms with van der Waals surface area (Å²) in [6.45, 7) is 4.85. The second-order valence-electron chi connectivity index (χ2n) is 4.05. The van der Waals surface area contributed by atoms with Gasteiger partial charge in [-0.3, -0.25) is 4.90 Å². The largest absolute Gasteiger partial charge is 0.298 e. The molecule has 17 heavy (non-hydrogen) atoms. The second-order valence-corrected chi connectivity index (χ2v) is 5.25. The van der Waals surface area contributed by atoms with Crippen molar-refractivity contribution in [3.05, 3.63) is 34.6 Å². The number of nitrogens with zero attached hydrogens (tertiary/aromatic N) is 1. The van der Waals surface area contributed by atoms with Gasteiger partial charge in [0.2, 0.25) is 0 Å². The number of hydrogen-bond acceptors (Lipinski definition) is 1. The maximum absolute atomic E-state index is 13.1. The Morgan fingerprint density at radius 1 is 1.35 bits per heavy atom. The number of hydrogen-bond donors (Lipinski definition) is 0. The molecular formula is C13H18BrClFN. The van der Waals surface area contributed by atoms with Crippen LogP contribution in [-0.2, 0) is 6.54 Å². The number of benzene rings is 1. The van der Waals surface area contributed by atoms with Crippen LogP contribution in [0.15, 0.2) is 18.2 Å². The SMILES string of the molecule is CCCCN(CCBr)Cc1cc(F)ccc1Cl. The molecule has 0 atom stereocenters. The molecule has 1 aromatic carbocycles. The van der Waals surface area contributed by atoms with Crippen LogP contribution in [0.5, 0.6) is 0 Å². The zero-order valence-electron chi connectivity index (χ0n) is 10.1. The Labute approximate surface area is 116 Å². The standard InChI is InChI=1S/C13H18BrClFN/c1-2-3-7-17(8-6-14)10-11-9-12(16)4-5-13(11)15/h4-5,9H,2-3,6-8,10H2,1H3. The van der Waals surface area contributed by atoms with Gasteiger partial charge in [0.1, 0.15) is 5.82 Å². The Morgan fingerprint density at radius 3 is 2.76 bits per heavy atom. The van der Waals surface area contributed by atoms with Crippen LogP contribution in [0.1, 0.15) is 25.3 Å². The molecular weight excluding hydrogens is 305 g/mol. The number of alkyl halides is 1. The van der Waals surface area contributed by atoms with E-state index in [9.17, 15) is 4.39 Å². The molecule has 4 heteroatoms. The quantitative estimate of drug-likeness (QED) is 0.669. The molecule has 0 radical (unpaired) electrons. The summed E-state index contributed by atoms with van der Waals surface area (Å²) in [5.41, 5.74) is 0.865. The molecule has 0 N–H and O–H groups in total. The van der Waals surface area contributed by atoms with Crippen molar-refractivity contribution in [2.24, 2.45) is 0 Å². The Bertz CT molecular complexity index is 346. The summed E-state index contributed by atoms with van der Waals surface area (Å²) in [5, 5.41) is 1.56. The average Bonchev–Trinajstić information content (AvgIpc) is 2.31. The number of rotatable bonds is 7. The lowest BCUT2D eigenvalue weighted by atomic mass is 10.2. The van der Waals surface area contributed by atoms with Crippen molar-refractivity contribution in [1.82, 2.24) is 4.90 Å². The predicted molar refractivity (Wildman–Crippen MR) is 75.4 cm³/mol. The molecule has 0 heterocycles. The molecule has 0 unspecified atom stereocenters. The van der Waals surface area contributed by atoms with Crippen LogP contribution in [0.3, 0.4) is 0 Å². The highest BCUT2D eigenvalue weighted by Crippen LogP contribution is 2.19. The lowest BCUT2D eigenvalue weighted by Crippen LogP contribution is -2.26. The number of halogens is 3. The van der Waals surface area contributed by atoms with Crippen LogP contribution in [0.25, 0.3) is 0 Å². The van der Waals surface area contributed by atoms with E-state index in [0.29, 0.717) is 11.6 Å². The van der Waals surface area contributed by atoms with Crippen molar-refractivity contribution in [2.45, 2.75) is 26.3 Å². The topological polar surface area (TPSA) is 3.24 Å². The summed E-state index contributed by atoms with van der Waals surface area (Å²) in [5.74, 6) is -0.223. The molecule has 0 fully saturated rings. The molecule has 0 aliphatic rings. The van der Waals surface area contributed by atoms with E-state index in [1.807, 2.05) is 0 Å². The molecule has 1 nitrogen and oxygen atoms in total. The first-order valence-electron chi connectivity index (χ1n) is 5.89. The van der Waals surface area contributed by atoms with Crippen LogP contribution < -0.4 is 0 Å². The van der Waals surface area contributed by atoms with Crippen LogP contribution in [0, 0.1) is 5.82 Å². The summed E-state index contributed by atoms with van der Waals surface area (Å²) in [7, 11) is 0. The van der Waals surface area contributed by atoms with Gasteiger partial charge in [0.15, 0.2) is 0 Å². The molecule has 0 bridgehead atoms. The van der Waals surface area contributed by atoms with Crippen molar-refractivity contribution in [1.29, 1.82) is 0 Å². The summed E-state index contributed by atoms with van der Waals surface area (Å²) in [4.78, 5) is 2.29. The summed E-state index contributed by atoms with van der Waals surface area (Å²) in [6.07, 6.45) is 2.32. The molecule has 0 saturated carbocycles. The van der Waals surface area contributed by atoms with Crippen molar-refractivity contribution in [2.75, 3.05) is 18.4 Å². The third-order valence-electron chi connectivity index (χ3n) is 2.63. The fourth-order valence-electron chi connectivity index (χ4n) is 1.68. The molecule has 0 spiro atoms. The van der Waals surface area contributed by atoms with E-state index in [-0.39, 0.29) is 5.82 Å². The first-order chi connectivity index (χ1) is 8.17. The van der Waals surface area contributed by atoms with Gasteiger partial charge in [-0.2, -0.15) is 0 Å². The zero-order chi connectivity index (χ0) is 12.7. The lowest BCUT2D eigenvalue weighted by Gasteiger charge is -2.21. The van der Waals surface area contributed by atoms with Crippen molar-refractivity contribution < 1.29 is 4.39 Å². The fourth-order valence-corrected chi connectivity index (χ4v) is 2.36. The Hall–Kier alpha value is -0.120. The van der Waals surface area contributed by atoms with Gasteiger partial charge >= 0.3 is 0 Å². The minimum absolute atomic E-state index is 0.223. The molecule has 0 aliphatic carbocycles. The Balaban J connectivity index is 2.67. The van der Waals surface area contributed by atoms with E-state index in [1.165, 1.54) is 12.1 Å². The Kier molecular flexibility index (Phi) is 7.09. The van der Waals surface area contributed by atoms with Gasteiger partial charge in [-0.05, 0) is 36.7 Å². The molecule has 0 amide bonds. The van der Waals surface area contributed by atoms with Crippen LogP contribution in [0.4, 0.5) is 4.39 Å². The van der Waals surface area contributed by atoms with Crippen LogP contribution in [0.2, 0.25) is 5.02 Å². The molecule has 0 saturated heterocycles. The number of unbranched alkanes of at least 4 members (excludes halogenated alkanes) is 1. The van der Waals surface area contributed by atoms with Gasteiger partial charge in [-0.1, -0.05) is 40.9 Å². The van der Waals surface area contributed by atoms with E-state index < -0.39 is 0 Å². The second kappa shape index (κ2) is 8.06. The van der Waals surface area contributed by atoms with E-state index >= 15 is 0 Å². The Morgan fingerprint density at radius 2 is 2.12 bits per heavy atom. The van der Waals surface area contributed by atoms with Crippen molar-refractivity contribution in [3.63, 3.8) is 0 Å². The van der Waals surface area contributed by atoms with Gasteiger partial charge in [0.25, 0.3) is 0 Å². The first-order valence-corrected chi connectivity index (χ1v) is 7.39. The first kappa shape index (κ1) is 14.9. The van der Waals surface area contributed by atoms with Gasteiger partial charge in [-0.15, -0.1) is 0 Å². The van der Waals surface area contributed by atoms with E-state index in [0.717, 1.165) is 36.8 Å². The van der Waals surface area contributed by atoms with Crippen molar-refractivity contribution >= 4 is 27.5 Å². The van der Waals surface area contributed by atoms with Gasteiger partial charge < -0.3 is 0 Å². The third kappa shape index (κ3) is 5.36. The zero-order valence-corrected chi connectivity index (χ0v) is 12.4. The maximum Gasteiger partial charge on any atom is 0.123 e. The highest BCUT2D eigenvalue weighted by molar-refractivity contribution is 9.09. The predicted octanol–water partition coefficient (Wildman–Crippen LogP) is 4.48. The highest BCUT2D eigenvalue weighted by Gasteiger charge is 2.08. The van der Waals surface area contributed by atoms with Crippen LogP contribution in [-0.4, -0.2) is 23.3 Å². The minimum atomic E-state index is -0.223. The maximum atomic E-state index is 13.1. The van der Waals surface area contributed by atoms with Gasteiger partial charge in [0.05, 0.1) is 0 Å². The molecule has 0 aliphatic heterocycles. The van der Waals surface area contributed by atoms with Gasteiger partial charge in [-0.25, -0.2) is 4.39 Å². The lowest BCUT2D eigenvalue weighted by molar-refractivity contribution is 0.278. The summed E-state index contributed by atoms with van der Waals surface area (Å²) < 4.78 is 13.1. The molecule has 96 valence electrons. The van der Waals surface area contributed by atoms with Gasteiger partial charge in [0, 0.05) is 23.4 Å². The normalized spacial score (nSPS) is 11.1. The van der Waals surface area contributed by atoms with E-state index in [2.05, 4.69) is 27.8 Å². The smallest absolute Gasteiger partial charge is 0.123 e. The molecule has 1 rings (SSSR count). The summed E-state index contributed by atoms with van der Waals surface area (Å²) >= 11 is 9.51. The fraction of sp³-hybridized carbons (Fsp3) is 0.538. The highest BCUT2D eigenvalue weighted by atomic mass is 79.9.